The molecule has 0 spiro atoms. The fraction of sp³-hybridized carbons (Fsp3) is 0.538. The van der Waals surface area contributed by atoms with E-state index >= 15 is 0 Å². The number of carbonyl (C=O) groups is 1. The fourth-order valence-corrected chi connectivity index (χ4v) is 5.16. The Morgan fingerprint density at radius 1 is 1.16 bits per heavy atom. The Bertz CT molecular complexity index is 973. The monoisotopic (exact) mass is 437 g/mol. The molecule has 1 amide bonds. The molecule has 0 radical (unpaired) electrons. The maximum atomic E-state index is 13.1. The summed E-state index contributed by atoms with van der Waals surface area (Å²) in [5.41, 5.74) is 5.36. The number of pyridine rings is 1. The van der Waals surface area contributed by atoms with Crippen LogP contribution in [0.2, 0.25) is 0 Å². The van der Waals surface area contributed by atoms with Gasteiger partial charge >= 0.3 is 0 Å². The van der Waals surface area contributed by atoms with Crippen LogP contribution in [-0.2, 0) is 6.42 Å². The van der Waals surface area contributed by atoms with Crippen molar-refractivity contribution in [3.05, 3.63) is 58.4 Å². The van der Waals surface area contributed by atoms with Gasteiger partial charge in [0.1, 0.15) is 12.4 Å². The zero-order valence-corrected chi connectivity index (χ0v) is 19.8. The lowest BCUT2D eigenvalue weighted by atomic mass is 9.96. The molecule has 0 unspecified atom stereocenters. The summed E-state index contributed by atoms with van der Waals surface area (Å²) in [6, 6.07) is 8.96. The van der Waals surface area contributed by atoms with Crippen molar-refractivity contribution >= 4 is 5.91 Å². The van der Waals surface area contributed by atoms with Crippen LogP contribution in [-0.4, -0.2) is 63.7 Å². The van der Waals surface area contributed by atoms with Crippen LogP contribution in [0.25, 0.3) is 0 Å². The maximum absolute atomic E-state index is 13.1. The van der Waals surface area contributed by atoms with Crippen LogP contribution >= 0.6 is 0 Å². The summed E-state index contributed by atoms with van der Waals surface area (Å²) in [6.07, 6.45) is 3.15. The Hall–Kier alpha value is -2.44. The zero-order valence-electron chi connectivity index (χ0n) is 19.8. The van der Waals surface area contributed by atoms with E-state index in [2.05, 4.69) is 43.6 Å². The van der Waals surface area contributed by atoms with Gasteiger partial charge in [-0.05, 0) is 75.4 Å². The second kappa shape index (κ2) is 9.20. The molecule has 4 atom stereocenters. The molecule has 1 aromatic heterocycles. The van der Waals surface area contributed by atoms with E-state index in [0.717, 1.165) is 42.9 Å². The molecule has 2 aromatic rings. The van der Waals surface area contributed by atoms with Crippen molar-refractivity contribution < 1.29 is 14.6 Å². The van der Waals surface area contributed by atoms with Crippen molar-refractivity contribution in [1.82, 2.24) is 14.8 Å². The Morgan fingerprint density at radius 3 is 2.53 bits per heavy atom. The third-order valence-electron chi connectivity index (χ3n) is 7.18. The molecule has 1 N–H and O–H groups in total. The SMILES string of the molecule is CCc1ccc(C(=O)N2C[C@H]3C[C@@H]2CN3[C@@H](C)c2ccc(OC[C@@H](C)O)c(C)c2C)cn1. The van der Waals surface area contributed by atoms with Crippen molar-refractivity contribution in [2.45, 2.75) is 71.7 Å². The molecule has 172 valence electrons. The summed E-state index contributed by atoms with van der Waals surface area (Å²) in [6.45, 7) is 12.3. The van der Waals surface area contributed by atoms with E-state index in [1.54, 1.807) is 13.1 Å². The minimum Gasteiger partial charge on any atom is -0.491 e. The van der Waals surface area contributed by atoms with Gasteiger partial charge in [0.2, 0.25) is 0 Å². The number of hydrogen-bond donors (Lipinski definition) is 1. The van der Waals surface area contributed by atoms with E-state index in [1.165, 1.54) is 11.1 Å². The smallest absolute Gasteiger partial charge is 0.255 e. The summed E-state index contributed by atoms with van der Waals surface area (Å²) in [4.78, 5) is 22.1. The number of aromatic nitrogens is 1. The first kappa shape index (κ1) is 22.7. The number of hydrogen-bond acceptors (Lipinski definition) is 5. The molecule has 2 bridgehead atoms. The number of likely N-dealkylation sites (tertiary alicyclic amines) is 2. The predicted octanol–water partition coefficient (Wildman–Crippen LogP) is 3.68. The molecule has 6 heteroatoms. The van der Waals surface area contributed by atoms with Crippen LogP contribution in [0.15, 0.2) is 30.5 Å². The van der Waals surface area contributed by atoms with Gasteiger partial charge in [-0.3, -0.25) is 14.7 Å². The topological polar surface area (TPSA) is 65.9 Å². The number of ether oxygens (including phenoxy) is 1. The lowest BCUT2D eigenvalue weighted by Gasteiger charge is -2.38. The number of benzene rings is 1. The van der Waals surface area contributed by atoms with Gasteiger partial charge in [-0.15, -0.1) is 0 Å². The third kappa shape index (κ3) is 4.26. The molecule has 32 heavy (non-hydrogen) atoms. The van der Waals surface area contributed by atoms with Crippen LogP contribution in [0.3, 0.4) is 0 Å². The van der Waals surface area contributed by atoms with E-state index in [4.69, 9.17) is 4.74 Å². The number of piperazine rings is 1. The lowest BCUT2D eigenvalue weighted by molar-refractivity contribution is 0.0568. The summed E-state index contributed by atoms with van der Waals surface area (Å²) in [5, 5.41) is 9.51. The number of fused-ring (bicyclic) bond motifs is 2. The quantitative estimate of drug-likeness (QED) is 0.716. The third-order valence-corrected chi connectivity index (χ3v) is 7.18. The van der Waals surface area contributed by atoms with Crippen molar-refractivity contribution in [2.24, 2.45) is 0 Å². The molecular formula is C26H35N3O3. The average Bonchev–Trinajstić information content (AvgIpc) is 3.40. The second-order valence-electron chi connectivity index (χ2n) is 9.33. The number of rotatable bonds is 7. The largest absolute Gasteiger partial charge is 0.491 e. The van der Waals surface area contributed by atoms with E-state index < -0.39 is 6.10 Å². The number of aryl methyl sites for hydroxylation is 1. The van der Waals surface area contributed by atoms with Gasteiger partial charge in [0.25, 0.3) is 5.91 Å². The Morgan fingerprint density at radius 2 is 1.94 bits per heavy atom. The van der Waals surface area contributed by atoms with E-state index in [-0.39, 0.29) is 18.0 Å². The van der Waals surface area contributed by atoms with Gasteiger partial charge in [0, 0.05) is 43.1 Å². The Balaban J connectivity index is 1.44. The normalized spacial score (nSPS) is 22.2. The van der Waals surface area contributed by atoms with Crippen LogP contribution in [0.5, 0.6) is 5.75 Å². The molecule has 2 saturated heterocycles. The molecule has 3 heterocycles. The minimum atomic E-state index is -0.487. The molecule has 4 rings (SSSR count). The highest BCUT2D eigenvalue weighted by Crippen LogP contribution is 2.39. The van der Waals surface area contributed by atoms with E-state index in [1.807, 2.05) is 23.1 Å². The molecule has 0 saturated carbocycles. The van der Waals surface area contributed by atoms with Crippen molar-refractivity contribution in [3.63, 3.8) is 0 Å². The highest BCUT2D eigenvalue weighted by molar-refractivity contribution is 5.94. The molecular weight excluding hydrogens is 402 g/mol. The highest BCUT2D eigenvalue weighted by atomic mass is 16.5. The number of aliphatic hydroxyl groups is 1. The summed E-state index contributed by atoms with van der Waals surface area (Å²) >= 11 is 0. The Kier molecular flexibility index (Phi) is 6.54. The summed E-state index contributed by atoms with van der Waals surface area (Å²) in [7, 11) is 0. The fourth-order valence-electron chi connectivity index (χ4n) is 5.16. The minimum absolute atomic E-state index is 0.103. The standard InChI is InChI=1S/C26H35N3O3/c1-6-21-8-7-20(12-27-21)26(31)29-14-22-11-23(29)13-28(22)19(5)24-9-10-25(18(4)17(24)3)32-15-16(2)30/h7-10,12,16,19,22-23,30H,6,11,13-15H2,1-5H3/t16-,19+,22-,23-/m1/s1. The van der Waals surface area contributed by atoms with E-state index in [9.17, 15) is 9.90 Å². The van der Waals surface area contributed by atoms with Gasteiger partial charge in [-0.2, -0.15) is 0 Å². The number of amides is 1. The van der Waals surface area contributed by atoms with E-state index in [0.29, 0.717) is 18.2 Å². The first-order valence-electron chi connectivity index (χ1n) is 11.7. The first-order chi connectivity index (χ1) is 15.3. The molecule has 2 fully saturated rings. The lowest BCUT2D eigenvalue weighted by Crippen LogP contribution is -2.49. The van der Waals surface area contributed by atoms with Crippen LogP contribution in [0.4, 0.5) is 0 Å². The summed E-state index contributed by atoms with van der Waals surface area (Å²) < 4.78 is 5.77. The molecule has 2 aliphatic heterocycles. The average molecular weight is 438 g/mol. The summed E-state index contributed by atoms with van der Waals surface area (Å²) in [5.74, 6) is 0.938. The van der Waals surface area contributed by atoms with Gasteiger partial charge in [0.05, 0.1) is 11.7 Å². The first-order valence-corrected chi connectivity index (χ1v) is 11.7. The van der Waals surface area contributed by atoms with Crippen molar-refractivity contribution in [3.8, 4) is 5.75 Å². The van der Waals surface area contributed by atoms with Gasteiger partial charge in [-0.1, -0.05) is 13.0 Å². The van der Waals surface area contributed by atoms with Gasteiger partial charge < -0.3 is 14.7 Å². The second-order valence-corrected chi connectivity index (χ2v) is 9.33. The highest BCUT2D eigenvalue weighted by Gasteiger charge is 2.47. The van der Waals surface area contributed by atoms with Crippen LogP contribution in [0, 0.1) is 13.8 Å². The number of nitrogens with zero attached hydrogens (tertiary/aromatic N) is 3. The van der Waals surface area contributed by atoms with Crippen molar-refractivity contribution in [1.29, 1.82) is 0 Å². The number of carbonyl (C=O) groups excluding carboxylic acids is 1. The zero-order chi connectivity index (χ0) is 23.0. The molecule has 0 aliphatic carbocycles. The van der Waals surface area contributed by atoms with Gasteiger partial charge in [-0.25, -0.2) is 0 Å². The van der Waals surface area contributed by atoms with Gasteiger partial charge in [0.15, 0.2) is 0 Å². The molecule has 1 aromatic carbocycles. The molecule has 2 aliphatic rings. The molecule has 6 nitrogen and oxygen atoms in total. The van der Waals surface area contributed by atoms with Crippen LogP contribution in [0.1, 0.15) is 66.0 Å². The van der Waals surface area contributed by atoms with Crippen LogP contribution < -0.4 is 4.74 Å². The predicted molar refractivity (Wildman–Crippen MR) is 125 cm³/mol. The Labute approximate surface area is 191 Å². The van der Waals surface area contributed by atoms with Crippen molar-refractivity contribution in [2.75, 3.05) is 19.7 Å². The number of aliphatic hydroxyl groups excluding tert-OH is 1. The maximum Gasteiger partial charge on any atom is 0.255 e.